The quantitative estimate of drug-likeness (QED) is 0.338. The number of amides is 2. The molecular weight excluding hydrogens is 405 g/mol. The Morgan fingerprint density at radius 1 is 1.20 bits per heavy atom. The molecule has 1 saturated carbocycles. The molecule has 1 fully saturated rings. The van der Waals surface area contributed by atoms with E-state index >= 15 is 0 Å². The van der Waals surface area contributed by atoms with E-state index in [9.17, 15) is 24.2 Å². The largest absolute Gasteiger partial charge is 0.391 e. The van der Waals surface area contributed by atoms with E-state index in [2.05, 4.69) is 5.32 Å². The van der Waals surface area contributed by atoms with E-state index in [1.165, 1.54) is 18.4 Å². The van der Waals surface area contributed by atoms with Crippen molar-refractivity contribution in [1.29, 1.82) is 0 Å². The Morgan fingerprint density at radius 3 is 2.33 bits per heavy atom. The van der Waals surface area contributed by atoms with Crippen LogP contribution in [0.15, 0.2) is 0 Å². The van der Waals surface area contributed by atoms with Crippen molar-refractivity contribution in [2.24, 2.45) is 17.6 Å². The smallest absolute Gasteiger partial charge is 0.244 e. The van der Waals surface area contributed by atoms with Gasteiger partial charge in [-0.2, -0.15) is 0 Å². The zero-order chi connectivity index (χ0) is 22.9. The molecule has 0 aromatic heterocycles. The second kappa shape index (κ2) is 12.8. The summed E-state index contributed by atoms with van der Waals surface area (Å²) in [6.45, 7) is 5.56. The molecule has 0 aromatic rings. The fraction of sp³-hybridized carbons (Fsp3) is 0.905. The highest BCUT2D eigenvalue weighted by molar-refractivity contribution is 7.58. The number of carbonyl (C=O) groups is 2. The molecule has 176 valence electrons. The molecule has 5 N–H and O–H groups in total. The van der Waals surface area contributed by atoms with Crippen molar-refractivity contribution in [1.82, 2.24) is 10.2 Å². The lowest BCUT2D eigenvalue weighted by molar-refractivity contribution is -0.136. The summed E-state index contributed by atoms with van der Waals surface area (Å²) < 4.78 is 12.6. The van der Waals surface area contributed by atoms with Gasteiger partial charge in [0.05, 0.1) is 18.3 Å². The number of nitrogens with zero attached hydrogens (tertiary/aromatic N) is 1. The Balaban J connectivity index is 2.56. The standard InChI is InChI=1S/C21H42N3O5P/c1-5-15(3)19(22)20(26)23-18(6-2)21(27)24(4)12-17(25)14-30(28,29)13-16-10-8-7-9-11-16/h15-19,25H,5-14,22H2,1-4H3,(H,23,26)(H,28,29)/t15?,17-,18+,19+/m1/s1. The van der Waals surface area contributed by atoms with Crippen LogP contribution in [0.1, 0.15) is 65.7 Å². The summed E-state index contributed by atoms with van der Waals surface area (Å²) in [6, 6.07) is -1.43. The minimum Gasteiger partial charge on any atom is -0.391 e. The van der Waals surface area contributed by atoms with Crippen LogP contribution in [0.3, 0.4) is 0 Å². The van der Waals surface area contributed by atoms with Gasteiger partial charge in [-0.25, -0.2) is 0 Å². The van der Waals surface area contributed by atoms with Crippen LogP contribution in [0.4, 0.5) is 0 Å². The molecule has 2 unspecified atom stereocenters. The Kier molecular flexibility index (Phi) is 11.6. The lowest BCUT2D eigenvalue weighted by Gasteiger charge is -2.29. The first-order valence-corrected chi connectivity index (χ1v) is 13.3. The third-order valence-corrected chi connectivity index (χ3v) is 8.29. The number of rotatable bonds is 12. The third kappa shape index (κ3) is 9.04. The summed E-state index contributed by atoms with van der Waals surface area (Å²) in [6.07, 6.45) is 5.38. The van der Waals surface area contributed by atoms with E-state index < -0.39 is 25.6 Å². The molecule has 8 nitrogen and oxygen atoms in total. The van der Waals surface area contributed by atoms with Crippen molar-refractivity contribution in [2.45, 2.75) is 83.9 Å². The number of nitrogens with one attached hydrogen (secondary N) is 1. The first-order chi connectivity index (χ1) is 14.0. The van der Waals surface area contributed by atoms with Gasteiger partial charge in [0.15, 0.2) is 0 Å². The molecule has 5 atom stereocenters. The Bertz CT molecular complexity index is 597. The molecule has 1 aliphatic rings. The molecule has 0 bridgehead atoms. The minimum atomic E-state index is -3.46. The van der Waals surface area contributed by atoms with Gasteiger partial charge < -0.3 is 26.0 Å². The number of nitrogens with two attached hydrogens (primary N) is 1. The van der Waals surface area contributed by atoms with Gasteiger partial charge in [0.1, 0.15) is 6.04 Å². The number of hydrogen-bond acceptors (Lipinski definition) is 5. The van der Waals surface area contributed by atoms with Gasteiger partial charge in [0, 0.05) is 19.8 Å². The number of aliphatic hydroxyl groups excluding tert-OH is 1. The highest BCUT2D eigenvalue weighted by Crippen LogP contribution is 2.46. The van der Waals surface area contributed by atoms with E-state index in [1.54, 1.807) is 6.92 Å². The predicted molar refractivity (Wildman–Crippen MR) is 119 cm³/mol. The molecule has 0 aromatic carbocycles. The zero-order valence-electron chi connectivity index (χ0n) is 19.0. The molecule has 9 heteroatoms. The lowest BCUT2D eigenvalue weighted by atomic mass is 9.91. The van der Waals surface area contributed by atoms with Gasteiger partial charge in [0.2, 0.25) is 19.2 Å². The van der Waals surface area contributed by atoms with Crippen molar-refractivity contribution in [3.8, 4) is 0 Å². The maximum Gasteiger partial charge on any atom is 0.244 e. The maximum atomic E-state index is 12.7. The molecular formula is C21H42N3O5P. The van der Waals surface area contributed by atoms with E-state index in [1.807, 2.05) is 13.8 Å². The van der Waals surface area contributed by atoms with E-state index in [4.69, 9.17) is 5.73 Å². The average Bonchev–Trinajstić information content (AvgIpc) is 2.69. The molecule has 0 saturated heterocycles. The topological polar surface area (TPSA) is 133 Å². The summed E-state index contributed by atoms with van der Waals surface area (Å²) in [5.41, 5.74) is 5.94. The minimum absolute atomic E-state index is 0.0000210. The van der Waals surface area contributed by atoms with E-state index in [0.717, 1.165) is 32.1 Å². The van der Waals surface area contributed by atoms with Gasteiger partial charge in [-0.15, -0.1) is 0 Å². The second-order valence-electron chi connectivity index (χ2n) is 8.97. The average molecular weight is 448 g/mol. The van der Waals surface area contributed by atoms with Crippen molar-refractivity contribution < 1.29 is 24.2 Å². The van der Waals surface area contributed by atoms with Crippen molar-refractivity contribution in [3.05, 3.63) is 0 Å². The van der Waals surface area contributed by atoms with Crippen LogP contribution in [-0.2, 0) is 14.2 Å². The molecule has 2 amide bonds. The SMILES string of the molecule is CCC(C)[C@H](N)C(=O)N[C@@H](CC)C(=O)N(C)C[C@@H](O)CP(=O)(O)CC1CCCCC1. The summed E-state index contributed by atoms with van der Waals surface area (Å²) in [4.78, 5) is 36.7. The van der Waals surface area contributed by atoms with Crippen LogP contribution >= 0.6 is 7.37 Å². The second-order valence-corrected chi connectivity index (χ2v) is 11.4. The van der Waals surface area contributed by atoms with Gasteiger partial charge >= 0.3 is 0 Å². The van der Waals surface area contributed by atoms with Gasteiger partial charge in [-0.05, 0) is 31.1 Å². The Hall–Kier alpha value is -0.950. The van der Waals surface area contributed by atoms with E-state index in [0.29, 0.717) is 6.42 Å². The van der Waals surface area contributed by atoms with Crippen LogP contribution in [0, 0.1) is 11.8 Å². The van der Waals surface area contributed by atoms with Gasteiger partial charge in [-0.3, -0.25) is 14.2 Å². The van der Waals surface area contributed by atoms with Crippen LogP contribution in [-0.4, -0.2) is 70.8 Å². The zero-order valence-corrected chi connectivity index (χ0v) is 19.9. The fourth-order valence-corrected chi connectivity index (χ4v) is 6.12. The van der Waals surface area contributed by atoms with Crippen LogP contribution in [0.2, 0.25) is 0 Å². The summed E-state index contributed by atoms with van der Waals surface area (Å²) in [5.74, 6) is -0.470. The lowest BCUT2D eigenvalue weighted by Crippen LogP contribution is -2.54. The highest BCUT2D eigenvalue weighted by atomic mass is 31.2. The summed E-state index contributed by atoms with van der Waals surface area (Å²) >= 11 is 0. The number of carbonyl (C=O) groups excluding carboxylic acids is 2. The maximum absolute atomic E-state index is 12.7. The van der Waals surface area contributed by atoms with Crippen molar-refractivity contribution in [2.75, 3.05) is 25.9 Å². The highest BCUT2D eigenvalue weighted by Gasteiger charge is 2.31. The Morgan fingerprint density at radius 2 is 1.80 bits per heavy atom. The van der Waals surface area contributed by atoms with Gasteiger partial charge in [-0.1, -0.05) is 46.5 Å². The van der Waals surface area contributed by atoms with Crippen LogP contribution in [0.5, 0.6) is 0 Å². The number of hydrogen-bond donors (Lipinski definition) is 4. The third-order valence-electron chi connectivity index (χ3n) is 6.21. The van der Waals surface area contributed by atoms with Crippen molar-refractivity contribution >= 4 is 19.2 Å². The van der Waals surface area contributed by atoms with Crippen LogP contribution in [0.25, 0.3) is 0 Å². The van der Waals surface area contributed by atoms with Gasteiger partial charge in [0.25, 0.3) is 0 Å². The molecule has 0 spiro atoms. The normalized spacial score (nSPS) is 21.2. The monoisotopic (exact) mass is 447 g/mol. The van der Waals surface area contributed by atoms with Crippen LogP contribution < -0.4 is 11.1 Å². The first-order valence-electron chi connectivity index (χ1n) is 11.3. The summed E-state index contributed by atoms with van der Waals surface area (Å²) in [7, 11) is -1.93. The predicted octanol–water partition coefficient (Wildman–Crippen LogP) is 1.92. The number of likely N-dealkylation sites (N-methyl/N-ethyl adjacent to an activating group) is 1. The molecule has 0 radical (unpaired) electrons. The molecule has 0 heterocycles. The van der Waals surface area contributed by atoms with Crippen molar-refractivity contribution in [3.63, 3.8) is 0 Å². The molecule has 0 aliphatic heterocycles. The molecule has 1 aliphatic carbocycles. The first kappa shape index (κ1) is 27.1. The Labute approximate surface area is 181 Å². The number of aliphatic hydroxyl groups is 1. The summed E-state index contributed by atoms with van der Waals surface area (Å²) in [5, 5.41) is 13.0. The molecule has 30 heavy (non-hydrogen) atoms. The van der Waals surface area contributed by atoms with E-state index in [-0.39, 0.29) is 42.5 Å². The molecule has 1 rings (SSSR count). The fourth-order valence-electron chi connectivity index (χ4n) is 4.03.